The van der Waals surface area contributed by atoms with Crippen LogP contribution in [0, 0.1) is 11.3 Å². The lowest BCUT2D eigenvalue weighted by molar-refractivity contribution is 0.0463. The second kappa shape index (κ2) is 7.01. The van der Waals surface area contributed by atoms with E-state index in [9.17, 15) is 4.79 Å². The summed E-state index contributed by atoms with van der Waals surface area (Å²) >= 11 is 0. The first-order chi connectivity index (χ1) is 10.8. The van der Waals surface area contributed by atoms with Gasteiger partial charge < -0.3 is 15.4 Å². The Kier molecular flexibility index (Phi) is 5.27. The number of nitrogens with zero attached hydrogens (tertiary/aromatic N) is 1. The Hall–Kier alpha value is -2.06. The number of alkyl carbamates (subject to hydrolysis) is 1. The third kappa shape index (κ3) is 5.26. The quantitative estimate of drug-likeness (QED) is 0.894. The van der Waals surface area contributed by atoms with Gasteiger partial charge >= 0.3 is 6.09 Å². The van der Waals surface area contributed by atoms with Gasteiger partial charge in [-0.1, -0.05) is 12.1 Å². The van der Waals surface area contributed by atoms with E-state index in [-0.39, 0.29) is 18.2 Å². The molecule has 0 heterocycles. The standard InChI is InChI=1S/C18H25N3O2/c1-12(14-7-5-13(11-19)6-8-14)20-15-9-16(10-15)21-17(22)23-18(2,3)4/h5-8,12,15-16,20H,9-10H2,1-4H3,(H,21,22). The van der Waals surface area contributed by atoms with Crippen LogP contribution in [0.15, 0.2) is 24.3 Å². The molecule has 5 heteroatoms. The van der Waals surface area contributed by atoms with Crippen LogP contribution in [0.1, 0.15) is 57.7 Å². The number of nitrogens with one attached hydrogen (secondary N) is 2. The molecule has 1 aromatic rings. The van der Waals surface area contributed by atoms with Crippen molar-refractivity contribution in [2.45, 2.75) is 64.3 Å². The number of rotatable bonds is 4. The smallest absolute Gasteiger partial charge is 0.407 e. The number of hydrogen-bond donors (Lipinski definition) is 2. The maximum atomic E-state index is 11.7. The van der Waals surface area contributed by atoms with E-state index in [4.69, 9.17) is 10.00 Å². The average molecular weight is 315 g/mol. The Balaban J connectivity index is 1.73. The average Bonchev–Trinajstić information content (AvgIpc) is 2.43. The SMILES string of the molecule is CC(NC1CC(NC(=O)OC(C)(C)C)C1)c1ccc(C#N)cc1. The van der Waals surface area contributed by atoms with E-state index in [0.717, 1.165) is 18.4 Å². The Morgan fingerprint density at radius 3 is 2.39 bits per heavy atom. The predicted octanol–water partition coefficient (Wildman–Crippen LogP) is 3.26. The van der Waals surface area contributed by atoms with Crippen molar-refractivity contribution in [2.75, 3.05) is 0 Å². The Bertz CT molecular complexity index is 578. The minimum Gasteiger partial charge on any atom is -0.444 e. The summed E-state index contributed by atoms with van der Waals surface area (Å²) in [6.07, 6.45) is 1.46. The second-order valence-electron chi connectivity index (χ2n) is 7.13. The molecule has 124 valence electrons. The van der Waals surface area contributed by atoms with Gasteiger partial charge in [0.25, 0.3) is 0 Å². The monoisotopic (exact) mass is 315 g/mol. The van der Waals surface area contributed by atoms with Crippen LogP contribution in [-0.4, -0.2) is 23.8 Å². The molecule has 2 N–H and O–H groups in total. The molecule has 23 heavy (non-hydrogen) atoms. The number of ether oxygens (including phenoxy) is 1. The van der Waals surface area contributed by atoms with Gasteiger partial charge in [0.1, 0.15) is 5.60 Å². The van der Waals surface area contributed by atoms with Crippen molar-refractivity contribution in [3.63, 3.8) is 0 Å². The van der Waals surface area contributed by atoms with Crippen LogP contribution >= 0.6 is 0 Å². The number of carbonyl (C=O) groups is 1. The zero-order valence-electron chi connectivity index (χ0n) is 14.2. The van der Waals surface area contributed by atoms with E-state index in [2.05, 4.69) is 23.6 Å². The van der Waals surface area contributed by atoms with Gasteiger partial charge in [0, 0.05) is 18.1 Å². The first-order valence-corrected chi connectivity index (χ1v) is 8.02. The molecule has 0 spiro atoms. The molecular formula is C18H25N3O2. The van der Waals surface area contributed by atoms with Crippen molar-refractivity contribution < 1.29 is 9.53 Å². The van der Waals surface area contributed by atoms with Gasteiger partial charge in [0.05, 0.1) is 11.6 Å². The Morgan fingerprint density at radius 2 is 1.87 bits per heavy atom. The largest absolute Gasteiger partial charge is 0.444 e. The molecular weight excluding hydrogens is 290 g/mol. The minimum absolute atomic E-state index is 0.176. The molecule has 0 radical (unpaired) electrons. The lowest BCUT2D eigenvalue weighted by Crippen LogP contribution is -2.53. The van der Waals surface area contributed by atoms with Gasteiger partial charge in [0.15, 0.2) is 0 Å². The Morgan fingerprint density at radius 1 is 1.26 bits per heavy atom. The van der Waals surface area contributed by atoms with E-state index in [1.54, 1.807) is 0 Å². The number of nitriles is 1. The van der Waals surface area contributed by atoms with Crippen molar-refractivity contribution in [2.24, 2.45) is 0 Å². The summed E-state index contributed by atoms with van der Waals surface area (Å²) in [5, 5.41) is 15.3. The maximum Gasteiger partial charge on any atom is 0.407 e. The molecule has 0 saturated heterocycles. The molecule has 0 aromatic heterocycles. The fourth-order valence-electron chi connectivity index (χ4n) is 2.64. The number of amides is 1. The summed E-state index contributed by atoms with van der Waals surface area (Å²) in [6.45, 7) is 7.68. The van der Waals surface area contributed by atoms with Crippen LogP contribution in [0.5, 0.6) is 0 Å². The molecule has 1 aromatic carbocycles. The lowest BCUT2D eigenvalue weighted by Gasteiger charge is -2.38. The zero-order chi connectivity index (χ0) is 17.0. The van der Waals surface area contributed by atoms with Crippen LogP contribution in [0.25, 0.3) is 0 Å². The zero-order valence-corrected chi connectivity index (χ0v) is 14.2. The first-order valence-electron chi connectivity index (χ1n) is 8.02. The topological polar surface area (TPSA) is 74.2 Å². The molecule has 1 atom stereocenters. The summed E-state index contributed by atoms with van der Waals surface area (Å²) in [7, 11) is 0. The summed E-state index contributed by atoms with van der Waals surface area (Å²) in [4.78, 5) is 11.7. The summed E-state index contributed by atoms with van der Waals surface area (Å²) in [5.41, 5.74) is 1.37. The van der Waals surface area contributed by atoms with Crippen molar-refractivity contribution in [1.82, 2.24) is 10.6 Å². The third-order valence-electron chi connectivity index (χ3n) is 3.88. The molecule has 1 amide bonds. The van der Waals surface area contributed by atoms with Gasteiger partial charge in [-0.25, -0.2) is 4.79 Å². The Labute approximate surface area is 138 Å². The highest BCUT2D eigenvalue weighted by atomic mass is 16.6. The van der Waals surface area contributed by atoms with Crippen LogP contribution < -0.4 is 10.6 Å². The normalized spacial score (nSPS) is 21.7. The number of hydrogen-bond acceptors (Lipinski definition) is 4. The highest BCUT2D eigenvalue weighted by molar-refractivity contribution is 5.68. The second-order valence-corrected chi connectivity index (χ2v) is 7.13. The molecule has 1 fully saturated rings. The van der Waals surface area contributed by atoms with Gasteiger partial charge in [-0.05, 0) is 58.2 Å². The predicted molar refractivity (Wildman–Crippen MR) is 88.9 cm³/mol. The summed E-state index contributed by atoms with van der Waals surface area (Å²) in [5.74, 6) is 0. The highest BCUT2D eigenvalue weighted by Gasteiger charge is 2.32. The number of benzene rings is 1. The molecule has 1 aliphatic rings. The van der Waals surface area contributed by atoms with Crippen LogP contribution in [0.3, 0.4) is 0 Å². The molecule has 1 aliphatic carbocycles. The molecule has 5 nitrogen and oxygen atoms in total. The van der Waals surface area contributed by atoms with E-state index >= 15 is 0 Å². The van der Waals surface area contributed by atoms with Crippen LogP contribution in [-0.2, 0) is 4.74 Å². The van der Waals surface area contributed by atoms with Gasteiger partial charge in [-0.2, -0.15) is 5.26 Å². The van der Waals surface area contributed by atoms with Crippen molar-refractivity contribution in [3.8, 4) is 6.07 Å². The highest BCUT2D eigenvalue weighted by Crippen LogP contribution is 2.24. The van der Waals surface area contributed by atoms with E-state index in [1.165, 1.54) is 0 Å². The molecule has 0 bridgehead atoms. The summed E-state index contributed by atoms with van der Waals surface area (Å²) in [6, 6.07) is 10.5. The first kappa shape index (κ1) is 17.3. The third-order valence-corrected chi connectivity index (χ3v) is 3.88. The van der Waals surface area contributed by atoms with Crippen molar-refractivity contribution >= 4 is 6.09 Å². The molecule has 2 rings (SSSR count). The van der Waals surface area contributed by atoms with Crippen molar-refractivity contribution in [1.29, 1.82) is 5.26 Å². The minimum atomic E-state index is -0.463. The van der Waals surface area contributed by atoms with Gasteiger partial charge in [-0.15, -0.1) is 0 Å². The van der Waals surface area contributed by atoms with E-state index in [1.807, 2.05) is 45.0 Å². The molecule has 0 aliphatic heterocycles. The fraction of sp³-hybridized carbons (Fsp3) is 0.556. The molecule has 1 unspecified atom stereocenters. The fourth-order valence-corrected chi connectivity index (χ4v) is 2.64. The summed E-state index contributed by atoms with van der Waals surface area (Å²) < 4.78 is 5.25. The maximum absolute atomic E-state index is 11.7. The van der Waals surface area contributed by atoms with Gasteiger partial charge in [-0.3, -0.25) is 0 Å². The van der Waals surface area contributed by atoms with Crippen LogP contribution in [0.2, 0.25) is 0 Å². The lowest BCUT2D eigenvalue weighted by atomic mass is 9.86. The number of carbonyl (C=O) groups excluding carboxylic acids is 1. The molecule has 1 saturated carbocycles. The van der Waals surface area contributed by atoms with Gasteiger partial charge in [0.2, 0.25) is 0 Å². The van der Waals surface area contributed by atoms with Crippen molar-refractivity contribution in [3.05, 3.63) is 35.4 Å². The van der Waals surface area contributed by atoms with E-state index in [0.29, 0.717) is 11.6 Å². The van der Waals surface area contributed by atoms with E-state index < -0.39 is 5.60 Å². The van der Waals surface area contributed by atoms with Crippen LogP contribution in [0.4, 0.5) is 4.79 Å².